The van der Waals surface area contributed by atoms with Gasteiger partial charge in [0, 0.05) is 15.1 Å². The summed E-state index contributed by atoms with van der Waals surface area (Å²) in [5.41, 5.74) is 11.8. The number of amides is 2. The number of ether oxygens (including phenoxy) is 1. The molecule has 0 spiro atoms. The van der Waals surface area contributed by atoms with Gasteiger partial charge in [-0.15, -0.1) is 0 Å². The second-order valence-electron chi connectivity index (χ2n) is 6.48. The van der Waals surface area contributed by atoms with Crippen molar-refractivity contribution in [3.05, 3.63) is 56.7 Å². The summed E-state index contributed by atoms with van der Waals surface area (Å²) >= 11 is 6.79. The summed E-state index contributed by atoms with van der Waals surface area (Å²) in [7, 11) is 0. The van der Waals surface area contributed by atoms with E-state index in [4.69, 9.17) is 16.2 Å². The van der Waals surface area contributed by atoms with Crippen molar-refractivity contribution in [3.8, 4) is 0 Å². The van der Waals surface area contributed by atoms with E-state index in [-0.39, 0.29) is 31.1 Å². The molecule has 170 valence electrons. The summed E-state index contributed by atoms with van der Waals surface area (Å²) in [6.07, 6.45) is 2.64. The molecule has 12 heteroatoms. The molecule has 0 saturated heterocycles. The molecule has 0 aliphatic carbocycles. The molecule has 2 aromatic rings. The summed E-state index contributed by atoms with van der Waals surface area (Å²) < 4.78 is 6.55. The first-order chi connectivity index (χ1) is 15.2. The van der Waals surface area contributed by atoms with Gasteiger partial charge in [-0.3, -0.25) is 19.4 Å². The number of nitrogens with zero attached hydrogens (tertiary/aromatic N) is 2. The Kier molecular flexibility index (Phi) is 9.60. The van der Waals surface area contributed by atoms with Crippen molar-refractivity contribution in [3.63, 3.8) is 0 Å². The molecular formula is C20H22Br2N6O4. The number of aromatic nitrogens is 1. The van der Waals surface area contributed by atoms with E-state index in [0.717, 1.165) is 8.95 Å². The molecule has 1 aromatic heterocycles. The Morgan fingerprint density at radius 2 is 1.81 bits per heavy atom. The number of carbonyl (C=O) groups excluding carboxylic acids is 3. The zero-order valence-electron chi connectivity index (χ0n) is 17.1. The van der Waals surface area contributed by atoms with Crippen LogP contribution in [0, 0.1) is 0 Å². The molecule has 2 amide bonds. The molecule has 0 aliphatic rings. The van der Waals surface area contributed by atoms with E-state index in [1.165, 1.54) is 18.5 Å². The van der Waals surface area contributed by atoms with Gasteiger partial charge < -0.3 is 26.8 Å². The molecule has 0 unspecified atom stereocenters. The van der Waals surface area contributed by atoms with Gasteiger partial charge in [-0.25, -0.2) is 4.99 Å². The number of hydrogen-bond acceptors (Lipinski definition) is 6. The van der Waals surface area contributed by atoms with Crippen LogP contribution >= 0.6 is 31.9 Å². The molecule has 10 nitrogen and oxygen atoms in total. The summed E-state index contributed by atoms with van der Waals surface area (Å²) in [5.74, 6) is -1.65. The van der Waals surface area contributed by atoms with Gasteiger partial charge in [-0.1, -0.05) is 31.9 Å². The highest BCUT2D eigenvalue weighted by atomic mass is 79.9. The van der Waals surface area contributed by atoms with Crippen LogP contribution < -0.4 is 22.1 Å². The molecule has 6 N–H and O–H groups in total. The average Bonchev–Trinajstić information content (AvgIpc) is 2.70. The SMILES string of the molecule is CCOC(=O)C[C@H](NC(=O)CNC(=O)c1cncc(N=C(N)N)c1)c1cc(Br)cc(Br)c1. The normalized spacial score (nSPS) is 11.2. The molecule has 0 bridgehead atoms. The van der Waals surface area contributed by atoms with Crippen molar-refractivity contribution < 1.29 is 19.1 Å². The van der Waals surface area contributed by atoms with E-state index in [1.807, 2.05) is 6.07 Å². The summed E-state index contributed by atoms with van der Waals surface area (Å²) in [6.45, 7) is 1.61. The summed E-state index contributed by atoms with van der Waals surface area (Å²) in [6, 6.07) is 6.18. The van der Waals surface area contributed by atoms with Gasteiger partial charge in [-0.05, 0) is 36.8 Å². The van der Waals surface area contributed by atoms with E-state index in [1.54, 1.807) is 19.1 Å². The molecule has 1 atom stereocenters. The lowest BCUT2D eigenvalue weighted by Gasteiger charge is -2.19. The number of rotatable bonds is 9. The number of nitrogens with one attached hydrogen (secondary N) is 2. The van der Waals surface area contributed by atoms with Gasteiger partial charge >= 0.3 is 5.97 Å². The zero-order valence-corrected chi connectivity index (χ0v) is 20.3. The monoisotopic (exact) mass is 568 g/mol. The highest BCUT2D eigenvalue weighted by Gasteiger charge is 2.21. The summed E-state index contributed by atoms with van der Waals surface area (Å²) in [5, 5.41) is 5.26. The van der Waals surface area contributed by atoms with Crippen molar-refractivity contribution in [1.29, 1.82) is 0 Å². The number of guanidine groups is 1. The lowest BCUT2D eigenvalue weighted by molar-refractivity contribution is -0.143. The van der Waals surface area contributed by atoms with Crippen LogP contribution in [0.1, 0.15) is 35.3 Å². The number of benzene rings is 1. The van der Waals surface area contributed by atoms with Crippen molar-refractivity contribution in [2.45, 2.75) is 19.4 Å². The van der Waals surface area contributed by atoms with E-state index < -0.39 is 23.8 Å². The largest absolute Gasteiger partial charge is 0.466 e. The van der Waals surface area contributed by atoms with Gasteiger partial charge in [-0.2, -0.15) is 0 Å². The van der Waals surface area contributed by atoms with Crippen LogP contribution in [-0.4, -0.2) is 41.9 Å². The molecule has 0 radical (unpaired) electrons. The summed E-state index contributed by atoms with van der Waals surface area (Å²) in [4.78, 5) is 44.6. The van der Waals surface area contributed by atoms with Crippen molar-refractivity contribution in [2.75, 3.05) is 13.2 Å². The highest BCUT2D eigenvalue weighted by molar-refractivity contribution is 9.11. The quantitative estimate of drug-likeness (QED) is 0.204. The molecule has 32 heavy (non-hydrogen) atoms. The van der Waals surface area contributed by atoms with Crippen LogP contribution in [0.2, 0.25) is 0 Å². The van der Waals surface area contributed by atoms with Gasteiger partial charge in [0.05, 0.1) is 43.1 Å². The molecule has 0 saturated carbocycles. The highest BCUT2D eigenvalue weighted by Crippen LogP contribution is 2.26. The fraction of sp³-hybridized carbons (Fsp3) is 0.250. The lowest BCUT2D eigenvalue weighted by atomic mass is 10.0. The maximum absolute atomic E-state index is 12.5. The Balaban J connectivity index is 2.07. The van der Waals surface area contributed by atoms with Gasteiger partial charge in [0.1, 0.15) is 0 Å². The van der Waals surface area contributed by atoms with Gasteiger partial charge in [0.2, 0.25) is 5.91 Å². The van der Waals surface area contributed by atoms with E-state index in [2.05, 4.69) is 52.5 Å². The van der Waals surface area contributed by atoms with Crippen LogP contribution in [0.3, 0.4) is 0 Å². The predicted octanol–water partition coefficient (Wildman–Crippen LogP) is 2.05. The van der Waals surface area contributed by atoms with Crippen molar-refractivity contribution >= 4 is 61.3 Å². The van der Waals surface area contributed by atoms with Crippen LogP contribution in [0.15, 0.2) is 50.6 Å². The van der Waals surface area contributed by atoms with Crippen molar-refractivity contribution in [1.82, 2.24) is 15.6 Å². The first-order valence-electron chi connectivity index (χ1n) is 9.41. The number of carbonyl (C=O) groups is 3. The molecule has 0 aliphatic heterocycles. The van der Waals surface area contributed by atoms with Crippen LogP contribution in [0.5, 0.6) is 0 Å². The third-order valence-corrected chi connectivity index (χ3v) is 4.87. The number of pyridine rings is 1. The first-order valence-corrected chi connectivity index (χ1v) is 11.0. The lowest BCUT2D eigenvalue weighted by Crippen LogP contribution is -2.39. The number of nitrogens with two attached hydrogens (primary N) is 2. The van der Waals surface area contributed by atoms with Crippen molar-refractivity contribution in [2.24, 2.45) is 16.5 Å². The minimum atomic E-state index is -0.654. The van der Waals surface area contributed by atoms with E-state index in [9.17, 15) is 14.4 Å². The number of hydrogen-bond donors (Lipinski definition) is 4. The average molecular weight is 570 g/mol. The number of esters is 1. The third-order valence-electron chi connectivity index (χ3n) is 3.95. The second kappa shape index (κ2) is 12.2. The maximum Gasteiger partial charge on any atom is 0.308 e. The Morgan fingerprint density at radius 1 is 1.12 bits per heavy atom. The Hall–Kier alpha value is -2.99. The number of halogens is 2. The van der Waals surface area contributed by atoms with Gasteiger partial charge in [0.25, 0.3) is 5.91 Å². The fourth-order valence-electron chi connectivity index (χ4n) is 2.69. The topological polar surface area (TPSA) is 162 Å². The standard InChI is InChI=1S/C20H22Br2N6O4/c1-2-32-18(30)7-16(11-3-13(21)6-14(22)4-11)28-17(29)10-26-19(31)12-5-15(9-25-8-12)27-20(23)24/h3-6,8-9,16H,2,7,10H2,1H3,(H,26,31)(H,28,29)(H4,23,24,27)/t16-/m0/s1. The minimum absolute atomic E-state index is 0.0686. The number of aliphatic imine (C=N–C) groups is 1. The predicted molar refractivity (Wildman–Crippen MR) is 126 cm³/mol. The molecule has 0 fully saturated rings. The Morgan fingerprint density at radius 3 is 2.44 bits per heavy atom. The molecule has 1 aromatic carbocycles. The zero-order chi connectivity index (χ0) is 23.7. The molecular weight excluding hydrogens is 548 g/mol. The van der Waals surface area contributed by atoms with Crippen LogP contribution in [0.4, 0.5) is 5.69 Å². The molecule has 2 rings (SSSR count). The second-order valence-corrected chi connectivity index (χ2v) is 8.31. The first kappa shape index (κ1) is 25.3. The fourth-order valence-corrected chi connectivity index (χ4v) is 4.01. The van der Waals surface area contributed by atoms with Gasteiger partial charge in [0.15, 0.2) is 5.96 Å². The molecule has 1 heterocycles. The van der Waals surface area contributed by atoms with E-state index in [0.29, 0.717) is 11.3 Å². The maximum atomic E-state index is 12.5. The smallest absolute Gasteiger partial charge is 0.308 e. The van der Waals surface area contributed by atoms with E-state index >= 15 is 0 Å². The third kappa shape index (κ3) is 8.27. The van der Waals surface area contributed by atoms with Crippen LogP contribution in [-0.2, 0) is 14.3 Å². The minimum Gasteiger partial charge on any atom is -0.466 e. The van der Waals surface area contributed by atoms with Crippen LogP contribution in [0.25, 0.3) is 0 Å². The Bertz CT molecular complexity index is 1010. The Labute approximate surface area is 201 Å².